The van der Waals surface area contributed by atoms with Crippen LogP contribution in [0.25, 0.3) is 0 Å². The molecule has 0 fully saturated rings. The van der Waals surface area contributed by atoms with Gasteiger partial charge in [-0.15, -0.1) is 5.10 Å². The van der Waals surface area contributed by atoms with Crippen LogP contribution in [-0.2, 0) is 20.2 Å². The van der Waals surface area contributed by atoms with Gasteiger partial charge in [-0.05, 0) is 13.0 Å². The second kappa shape index (κ2) is 4.36. The molecule has 0 saturated heterocycles. The van der Waals surface area contributed by atoms with Crippen molar-refractivity contribution in [3.63, 3.8) is 0 Å². The Labute approximate surface area is 93.0 Å². The van der Waals surface area contributed by atoms with Crippen LogP contribution in [0.1, 0.15) is 17.1 Å². The standard InChI is InChI=1S/C10H14N4O2/c1-7-8(4-11)3-9(16-7)5-15-10-12-6-14(2)13-10/h3,6H,4-5,11H2,1-2H3. The molecule has 2 aromatic heterocycles. The zero-order chi connectivity index (χ0) is 11.5. The Morgan fingerprint density at radius 3 is 2.94 bits per heavy atom. The monoisotopic (exact) mass is 222 g/mol. The molecule has 6 nitrogen and oxygen atoms in total. The third-order valence-electron chi connectivity index (χ3n) is 2.21. The van der Waals surface area contributed by atoms with Gasteiger partial charge in [0.05, 0.1) is 0 Å². The van der Waals surface area contributed by atoms with Crippen molar-refractivity contribution in [3.05, 3.63) is 29.5 Å². The molecule has 0 saturated carbocycles. The molecule has 86 valence electrons. The molecule has 0 atom stereocenters. The highest BCUT2D eigenvalue weighted by molar-refractivity contribution is 5.20. The Hall–Kier alpha value is -1.82. The number of hydrogen-bond donors (Lipinski definition) is 1. The van der Waals surface area contributed by atoms with E-state index in [1.54, 1.807) is 18.1 Å². The second-order valence-electron chi connectivity index (χ2n) is 3.49. The summed E-state index contributed by atoms with van der Waals surface area (Å²) in [4.78, 5) is 3.94. The molecule has 0 spiro atoms. The topological polar surface area (TPSA) is 79.1 Å². The summed E-state index contributed by atoms with van der Waals surface area (Å²) in [5.41, 5.74) is 6.54. The zero-order valence-electron chi connectivity index (χ0n) is 9.30. The number of aryl methyl sites for hydroxylation is 2. The average Bonchev–Trinajstić information content (AvgIpc) is 2.82. The van der Waals surface area contributed by atoms with Gasteiger partial charge in [0.25, 0.3) is 0 Å². The molecule has 0 radical (unpaired) electrons. The normalized spacial score (nSPS) is 10.7. The number of furan rings is 1. The maximum atomic E-state index is 5.55. The molecule has 16 heavy (non-hydrogen) atoms. The van der Waals surface area contributed by atoms with Gasteiger partial charge in [0.2, 0.25) is 0 Å². The van der Waals surface area contributed by atoms with Gasteiger partial charge in [-0.25, -0.2) is 0 Å². The first-order chi connectivity index (χ1) is 7.69. The van der Waals surface area contributed by atoms with Gasteiger partial charge >= 0.3 is 6.01 Å². The largest absolute Gasteiger partial charge is 0.462 e. The SMILES string of the molecule is Cc1oc(COc2ncn(C)n2)cc1CN. The highest BCUT2D eigenvalue weighted by atomic mass is 16.5. The third-order valence-corrected chi connectivity index (χ3v) is 2.21. The number of hydrogen-bond acceptors (Lipinski definition) is 5. The minimum atomic E-state index is 0.310. The van der Waals surface area contributed by atoms with Gasteiger partial charge in [-0.2, -0.15) is 4.98 Å². The molecule has 2 N–H and O–H groups in total. The fourth-order valence-corrected chi connectivity index (χ4v) is 1.38. The van der Waals surface area contributed by atoms with Crippen LogP contribution in [0.5, 0.6) is 6.01 Å². The van der Waals surface area contributed by atoms with Crippen molar-refractivity contribution in [1.82, 2.24) is 14.8 Å². The van der Waals surface area contributed by atoms with Gasteiger partial charge in [-0.3, -0.25) is 4.68 Å². The lowest BCUT2D eigenvalue weighted by atomic mass is 10.2. The highest BCUT2D eigenvalue weighted by Gasteiger charge is 2.07. The summed E-state index contributed by atoms with van der Waals surface area (Å²) < 4.78 is 12.4. The maximum Gasteiger partial charge on any atom is 0.335 e. The van der Waals surface area contributed by atoms with Gasteiger partial charge in [0.1, 0.15) is 24.5 Å². The number of nitrogens with two attached hydrogens (primary N) is 1. The first-order valence-electron chi connectivity index (χ1n) is 4.95. The van der Waals surface area contributed by atoms with E-state index < -0.39 is 0 Å². The molecule has 2 heterocycles. The van der Waals surface area contributed by atoms with E-state index in [-0.39, 0.29) is 0 Å². The molecular formula is C10H14N4O2. The Morgan fingerprint density at radius 2 is 2.38 bits per heavy atom. The predicted octanol–water partition coefficient (Wildman–Crippen LogP) is 0.754. The number of ether oxygens (including phenoxy) is 1. The summed E-state index contributed by atoms with van der Waals surface area (Å²) in [7, 11) is 1.78. The van der Waals surface area contributed by atoms with Crippen LogP contribution in [0.4, 0.5) is 0 Å². The van der Waals surface area contributed by atoms with Crippen molar-refractivity contribution in [2.24, 2.45) is 12.8 Å². The zero-order valence-corrected chi connectivity index (χ0v) is 9.30. The minimum absolute atomic E-state index is 0.310. The molecular weight excluding hydrogens is 208 g/mol. The van der Waals surface area contributed by atoms with Crippen molar-refractivity contribution in [1.29, 1.82) is 0 Å². The fourth-order valence-electron chi connectivity index (χ4n) is 1.38. The van der Waals surface area contributed by atoms with E-state index in [1.807, 2.05) is 13.0 Å². The smallest absolute Gasteiger partial charge is 0.335 e. The first-order valence-corrected chi connectivity index (χ1v) is 4.95. The van der Waals surface area contributed by atoms with Crippen LogP contribution < -0.4 is 10.5 Å². The van der Waals surface area contributed by atoms with Gasteiger partial charge < -0.3 is 14.9 Å². The maximum absolute atomic E-state index is 5.55. The number of nitrogens with zero attached hydrogens (tertiary/aromatic N) is 3. The summed E-state index contributed by atoms with van der Waals surface area (Å²) in [5.74, 6) is 1.56. The quantitative estimate of drug-likeness (QED) is 0.825. The average molecular weight is 222 g/mol. The highest BCUT2D eigenvalue weighted by Crippen LogP contribution is 2.15. The van der Waals surface area contributed by atoms with E-state index >= 15 is 0 Å². The lowest BCUT2D eigenvalue weighted by Gasteiger charge is -1.96. The Balaban J connectivity index is 1.99. The second-order valence-corrected chi connectivity index (χ2v) is 3.49. The number of rotatable bonds is 4. The number of aromatic nitrogens is 3. The molecule has 2 rings (SSSR count). The van der Waals surface area contributed by atoms with Crippen molar-refractivity contribution in [3.8, 4) is 6.01 Å². The molecule has 0 bridgehead atoms. The first kappa shape index (κ1) is 10.7. The van der Waals surface area contributed by atoms with E-state index in [0.29, 0.717) is 19.2 Å². The van der Waals surface area contributed by atoms with Crippen LogP contribution >= 0.6 is 0 Å². The molecule has 0 aliphatic carbocycles. The molecule has 0 aromatic carbocycles. The van der Waals surface area contributed by atoms with E-state index in [4.69, 9.17) is 14.9 Å². The Morgan fingerprint density at radius 1 is 1.56 bits per heavy atom. The van der Waals surface area contributed by atoms with Crippen molar-refractivity contribution < 1.29 is 9.15 Å². The molecule has 6 heteroatoms. The molecule has 0 amide bonds. The Kier molecular flexibility index (Phi) is 2.91. The molecule has 0 aliphatic rings. The van der Waals surface area contributed by atoms with E-state index in [0.717, 1.165) is 17.1 Å². The van der Waals surface area contributed by atoms with Crippen LogP contribution in [0.2, 0.25) is 0 Å². The predicted molar refractivity (Wildman–Crippen MR) is 56.7 cm³/mol. The van der Waals surface area contributed by atoms with Gasteiger partial charge in [-0.1, -0.05) is 0 Å². The molecule has 2 aromatic rings. The molecule has 0 unspecified atom stereocenters. The van der Waals surface area contributed by atoms with Crippen LogP contribution in [0, 0.1) is 6.92 Å². The lowest BCUT2D eigenvalue weighted by Crippen LogP contribution is -1.97. The van der Waals surface area contributed by atoms with Crippen molar-refractivity contribution in [2.75, 3.05) is 0 Å². The third kappa shape index (κ3) is 2.22. The van der Waals surface area contributed by atoms with Crippen molar-refractivity contribution >= 4 is 0 Å². The van der Waals surface area contributed by atoms with E-state index in [1.165, 1.54) is 0 Å². The lowest BCUT2D eigenvalue weighted by molar-refractivity contribution is 0.247. The van der Waals surface area contributed by atoms with Crippen LogP contribution in [0.15, 0.2) is 16.8 Å². The Bertz CT molecular complexity index is 475. The minimum Gasteiger partial charge on any atom is -0.462 e. The van der Waals surface area contributed by atoms with Gasteiger partial charge in [0.15, 0.2) is 0 Å². The molecule has 0 aliphatic heterocycles. The van der Waals surface area contributed by atoms with E-state index in [9.17, 15) is 0 Å². The van der Waals surface area contributed by atoms with Crippen molar-refractivity contribution in [2.45, 2.75) is 20.1 Å². The summed E-state index contributed by atoms with van der Waals surface area (Å²) >= 11 is 0. The van der Waals surface area contributed by atoms with Crippen LogP contribution in [0.3, 0.4) is 0 Å². The summed E-state index contributed by atoms with van der Waals surface area (Å²) in [6.45, 7) is 2.66. The van der Waals surface area contributed by atoms with E-state index in [2.05, 4.69) is 10.1 Å². The summed E-state index contributed by atoms with van der Waals surface area (Å²) in [5, 5.41) is 3.99. The van der Waals surface area contributed by atoms with Gasteiger partial charge in [0, 0.05) is 19.2 Å². The summed E-state index contributed by atoms with van der Waals surface area (Å²) in [6, 6.07) is 2.23. The fraction of sp³-hybridized carbons (Fsp3) is 0.400. The van der Waals surface area contributed by atoms with Crippen LogP contribution in [-0.4, -0.2) is 14.8 Å². The summed E-state index contributed by atoms with van der Waals surface area (Å²) in [6.07, 6.45) is 1.58.